The fourth-order valence-electron chi connectivity index (χ4n) is 2.54. The van der Waals surface area contributed by atoms with E-state index in [1.165, 1.54) is 13.8 Å². The van der Waals surface area contributed by atoms with Gasteiger partial charge in [0.2, 0.25) is 0 Å². The summed E-state index contributed by atoms with van der Waals surface area (Å²) in [4.78, 5) is 24.0. The summed E-state index contributed by atoms with van der Waals surface area (Å²) in [7, 11) is 0. The van der Waals surface area contributed by atoms with E-state index >= 15 is 0 Å². The van der Waals surface area contributed by atoms with E-state index in [9.17, 15) is 9.59 Å². The van der Waals surface area contributed by atoms with E-state index in [-0.39, 0.29) is 11.6 Å². The van der Waals surface area contributed by atoms with Crippen molar-refractivity contribution in [2.75, 3.05) is 11.5 Å². The van der Waals surface area contributed by atoms with E-state index in [1.807, 2.05) is 30.3 Å². The van der Waals surface area contributed by atoms with Crippen LogP contribution in [0, 0.1) is 5.92 Å². The molecule has 4 heteroatoms. The molecule has 0 aromatic heterocycles. The molecule has 0 bridgehead atoms. The van der Waals surface area contributed by atoms with Gasteiger partial charge in [-0.15, -0.1) is 23.5 Å². The zero-order valence-electron chi connectivity index (χ0n) is 11.2. The predicted molar refractivity (Wildman–Crippen MR) is 82.5 cm³/mol. The largest absolute Gasteiger partial charge is 0.299 e. The highest BCUT2D eigenvalue weighted by molar-refractivity contribution is 8.18. The first kappa shape index (κ1) is 14.7. The Morgan fingerprint density at radius 2 is 1.58 bits per heavy atom. The minimum atomic E-state index is -0.551. The molecule has 0 amide bonds. The minimum Gasteiger partial charge on any atom is -0.299 e. The van der Waals surface area contributed by atoms with E-state index in [2.05, 4.69) is 0 Å². The molecule has 19 heavy (non-hydrogen) atoms. The van der Waals surface area contributed by atoms with Gasteiger partial charge in [-0.05, 0) is 37.3 Å². The van der Waals surface area contributed by atoms with Gasteiger partial charge < -0.3 is 0 Å². The van der Waals surface area contributed by atoms with E-state index < -0.39 is 10.00 Å². The van der Waals surface area contributed by atoms with Crippen molar-refractivity contribution in [2.24, 2.45) is 5.92 Å². The topological polar surface area (TPSA) is 34.1 Å². The van der Waals surface area contributed by atoms with Gasteiger partial charge in [0.1, 0.15) is 21.6 Å². The molecule has 1 aliphatic rings. The van der Waals surface area contributed by atoms with Crippen molar-refractivity contribution in [3.8, 4) is 0 Å². The number of carbonyl (C=O) groups excluding carboxylic acids is 2. The Morgan fingerprint density at radius 3 is 2.05 bits per heavy atom. The summed E-state index contributed by atoms with van der Waals surface area (Å²) in [5.41, 5.74) is 1.08. The van der Waals surface area contributed by atoms with Gasteiger partial charge in [0.15, 0.2) is 0 Å². The van der Waals surface area contributed by atoms with Crippen LogP contribution in [0.2, 0.25) is 0 Å². The van der Waals surface area contributed by atoms with Crippen molar-refractivity contribution in [1.29, 1.82) is 0 Å². The highest BCUT2D eigenvalue weighted by Gasteiger charge is 2.47. The standard InChI is InChI=1S/C15H18O2S2/c1-11(16)14(12(2)17)15(18-9-6-10-19-15)13-7-4-3-5-8-13/h3-5,7-8,14H,6,9-10H2,1-2H3. The van der Waals surface area contributed by atoms with Crippen molar-refractivity contribution < 1.29 is 9.59 Å². The number of hydrogen-bond donors (Lipinski definition) is 0. The molecule has 0 atom stereocenters. The smallest absolute Gasteiger partial charge is 0.142 e. The third-order valence-corrected chi connectivity index (χ3v) is 6.78. The number of thioether (sulfide) groups is 2. The maximum atomic E-state index is 12.0. The van der Waals surface area contributed by atoms with Crippen LogP contribution in [0.4, 0.5) is 0 Å². The lowest BCUT2D eigenvalue weighted by molar-refractivity contribution is -0.130. The molecule has 1 aromatic rings. The van der Waals surface area contributed by atoms with Crippen LogP contribution in [0.3, 0.4) is 0 Å². The SMILES string of the molecule is CC(=O)C(C(C)=O)C1(c2ccccc2)SCCCS1. The molecule has 0 radical (unpaired) electrons. The van der Waals surface area contributed by atoms with Gasteiger partial charge >= 0.3 is 0 Å². The van der Waals surface area contributed by atoms with Crippen molar-refractivity contribution in [3.63, 3.8) is 0 Å². The lowest BCUT2D eigenvalue weighted by Crippen LogP contribution is -2.40. The summed E-state index contributed by atoms with van der Waals surface area (Å²) in [5.74, 6) is 1.39. The number of rotatable bonds is 4. The van der Waals surface area contributed by atoms with Gasteiger partial charge in [-0.2, -0.15) is 0 Å². The molecular formula is C15H18O2S2. The lowest BCUT2D eigenvalue weighted by atomic mass is 9.91. The average molecular weight is 294 g/mol. The fourth-order valence-corrected chi connectivity index (χ4v) is 6.34. The molecule has 1 saturated heterocycles. The summed E-state index contributed by atoms with van der Waals surface area (Å²) in [6.45, 7) is 3.07. The molecule has 1 fully saturated rings. The summed E-state index contributed by atoms with van der Waals surface area (Å²) in [5, 5.41) is 0. The van der Waals surface area contributed by atoms with E-state index in [1.54, 1.807) is 23.5 Å². The van der Waals surface area contributed by atoms with Crippen molar-refractivity contribution in [3.05, 3.63) is 35.9 Å². The summed E-state index contributed by atoms with van der Waals surface area (Å²) in [6.07, 6.45) is 1.13. The van der Waals surface area contributed by atoms with Gasteiger partial charge in [-0.25, -0.2) is 0 Å². The van der Waals surface area contributed by atoms with Crippen LogP contribution in [0.1, 0.15) is 25.8 Å². The van der Waals surface area contributed by atoms with Gasteiger partial charge in [-0.3, -0.25) is 9.59 Å². The quantitative estimate of drug-likeness (QED) is 0.796. The minimum absolute atomic E-state index is 0.0294. The van der Waals surface area contributed by atoms with Crippen LogP contribution in [0.15, 0.2) is 30.3 Å². The van der Waals surface area contributed by atoms with Crippen LogP contribution >= 0.6 is 23.5 Å². The molecule has 0 N–H and O–H groups in total. The number of Topliss-reactive ketones (excluding diaryl/α,β-unsaturated/α-hetero) is 2. The Kier molecular flexibility index (Phi) is 4.74. The second kappa shape index (κ2) is 6.14. The lowest BCUT2D eigenvalue weighted by Gasteiger charge is -2.40. The third kappa shape index (κ3) is 2.90. The molecule has 0 unspecified atom stereocenters. The highest BCUT2D eigenvalue weighted by atomic mass is 32.2. The van der Waals surface area contributed by atoms with Gasteiger partial charge in [0.25, 0.3) is 0 Å². The zero-order chi connectivity index (χ0) is 13.9. The summed E-state index contributed by atoms with van der Waals surface area (Å²) in [6, 6.07) is 9.98. The van der Waals surface area contributed by atoms with Crippen LogP contribution in [-0.2, 0) is 13.7 Å². The molecule has 0 saturated carbocycles. The Balaban J connectivity index is 2.50. The second-order valence-electron chi connectivity index (χ2n) is 4.74. The monoisotopic (exact) mass is 294 g/mol. The predicted octanol–water partition coefficient (Wildman–Crippen LogP) is 3.50. The van der Waals surface area contributed by atoms with Gasteiger partial charge in [0, 0.05) is 0 Å². The maximum absolute atomic E-state index is 12.0. The number of ketones is 2. The highest BCUT2D eigenvalue weighted by Crippen LogP contribution is 2.55. The maximum Gasteiger partial charge on any atom is 0.142 e. The summed E-state index contributed by atoms with van der Waals surface area (Å²) >= 11 is 3.50. The molecule has 0 aliphatic carbocycles. The molecule has 0 spiro atoms. The van der Waals surface area contributed by atoms with Crippen LogP contribution < -0.4 is 0 Å². The number of hydrogen-bond acceptors (Lipinski definition) is 4. The normalized spacial score (nSPS) is 18.3. The molecule has 2 nitrogen and oxygen atoms in total. The third-order valence-electron chi connectivity index (χ3n) is 3.29. The van der Waals surface area contributed by atoms with Gasteiger partial charge in [-0.1, -0.05) is 30.3 Å². The van der Waals surface area contributed by atoms with E-state index in [4.69, 9.17) is 0 Å². The van der Waals surface area contributed by atoms with Crippen LogP contribution in [0.5, 0.6) is 0 Å². The van der Waals surface area contributed by atoms with Crippen molar-refractivity contribution in [2.45, 2.75) is 24.3 Å². The Hall–Kier alpha value is -0.740. The summed E-state index contributed by atoms with van der Waals surface area (Å²) < 4.78 is -0.433. The second-order valence-corrected chi connectivity index (χ2v) is 7.68. The number of carbonyl (C=O) groups is 2. The first-order chi connectivity index (χ1) is 9.08. The number of benzene rings is 1. The van der Waals surface area contributed by atoms with E-state index in [0.717, 1.165) is 23.5 Å². The molecule has 1 heterocycles. The van der Waals surface area contributed by atoms with Gasteiger partial charge in [0.05, 0.1) is 0 Å². The fraction of sp³-hybridized carbons (Fsp3) is 0.467. The van der Waals surface area contributed by atoms with E-state index in [0.29, 0.717) is 0 Å². The van der Waals surface area contributed by atoms with Crippen LogP contribution in [0.25, 0.3) is 0 Å². The average Bonchev–Trinajstić information content (AvgIpc) is 2.40. The molecule has 1 aromatic carbocycles. The van der Waals surface area contributed by atoms with Crippen molar-refractivity contribution >= 4 is 35.1 Å². The van der Waals surface area contributed by atoms with Crippen LogP contribution in [-0.4, -0.2) is 23.1 Å². The first-order valence-corrected chi connectivity index (χ1v) is 8.39. The Bertz CT molecular complexity index is 450. The molecule has 1 aliphatic heterocycles. The Labute approximate surface area is 122 Å². The van der Waals surface area contributed by atoms with Crippen molar-refractivity contribution in [1.82, 2.24) is 0 Å². The first-order valence-electron chi connectivity index (χ1n) is 6.42. The molecule has 102 valence electrons. The Morgan fingerprint density at radius 1 is 1.05 bits per heavy atom. The molecule has 2 rings (SSSR count). The molecular weight excluding hydrogens is 276 g/mol. The zero-order valence-corrected chi connectivity index (χ0v) is 12.9.